The number of carbonyl (C=O) groups excluding carboxylic acids is 1. The topological polar surface area (TPSA) is 56.1 Å². The summed E-state index contributed by atoms with van der Waals surface area (Å²) in [7, 11) is 1.98. The van der Waals surface area contributed by atoms with Gasteiger partial charge in [0.05, 0.1) is 0 Å². The van der Waals surface area contributed by atoms with Crippen molar-refractivity contribution in [2.45, 2.75) is 45.1 Å². The smallest absolute Gasteiger partial charge is 0.246 e. The standard InChI is InChI=1S/C17H25N3O2/c1-12(13-5-3-4-6-13)17(21)19-11-14-7-10-22-15(14)16-18-8-9-20(16)2/h8-9,14-15H,3-7,10-11H2,1-2H3,(H,19,21)/t14-,15+/m0/s1. The second-order valence-electron chi connectivity index (χ2n) is 6.38. The zero-order valence-electron chi connectivity index (χ0n) is 13.5. The van der Waals surface area contributed by atoms with Crippen LogP contribution in [0.4, 0.5) is 0 Å². The SMILES string of the molecule is CC(C(=O)NC[C@@H]1CCO[C@H]1c1nccn1C)=C1CCCC1. The van der Waals surface area contributed by atoms with E-state index in [9.17, 15) is 4.79 Å². The highest BCUT2D eigenvalue weighted by Gasteiger charge is 2.32. The van der Waals surface area contributed by atoms with E-state index in [1.807, 2.05) is 24.7 Å². The molecule has 5 heteroatoms. The second kappa shape index (κ2) is 6.65. The number of nitrogens with one attached hydrogen (secondary N) is 1. The average molecular weight is 303 g/mol. The summed E-state index contributed by atoms with van der Waals surface area (Å²) >= 11 is 0. The number of allylic oxidation sites excluding steroid dienone is 1. The maximum absolute atomic E-state index is 12.3. The third kappa shape index (κ3) is 3.09. The Bertz CT molecular complexity index is 568. The molecule has 2 aliphatic rings. The molecule has 5 nitrogen and oxygen atoms in total. The molecule has 1 amide bonds. The molecular formula is C17H25N3O2. The molecule has 3 rings (SSSR count). The van der Waals surface area contributed by atoms with Crippen LogP contribution in [-0.2, 0) is 16.6 Å². The zero-order chi connectivity index (χ0) is 15.5. The summed E-state index contributed by atoms with van der Waals surface area (Å²) in [6.07, 6.45) is 9.29. The van der Waals surface area contributed by atoms with Gasteiger partial charge >= 0.3 is 0 Å². The summed E-state index contributed by atoms with van der Waals surface area (Å²) < 4.78 is 7.83. The number of ether oxygens (including phenoxy) is 1. The molecule has 1 aromatic heterocycles. The molecule has 0 unspecified atom stereocenters. The molecule has 120 valence electrons. The molecule has 22 heavy (non-hydrogen) atoms. The van der Waals surface area contributed by atoms with E-state index < -0.39 is 0 Å². The minimum atomic E-state index is -0.0141. The average Bonchev–Trinajstić information content (AvgIpc) is 3.24. The summed E-state index contributed by atoms with van der Waals surface area (Å²) in [5.74, 6) is 1.33. The highest BCUT2D eigenvalue weighted by Crippen LogP contribution is 2.33. The van der Waals surface area contributed by atoms with Crippen LogP contribution in [0.5, 0.6) is 0 Å². The van der Waals surface area contributed by atoms with Gasteiger partial charge in [-0.15, -0.1) is 0 Å². The summed E-state index contributed by atoms with van der Waals surface area (Å²) in [6.45, 7) is 3.34. The second-order valence-corrected chi connectivity index (χ2v) is 6.38. The molecule has 2 fully saturated rings. The van der Waals surface area contributed by atoms with E-state index in [0.29, 0.717) is 12.5 Å². The van der Waals surface area contributed by atoms with Crippen molar-refractivity contribution in [2.75, 3.05) is 13.2 Å². The van der Waals surface area contributed by atoms with Gasteiger partial charge in [-0.2, -0.15) is 0 Å². The van der Waals surface area contributed by atoms with Crippen LogP contribution in [0.2, 0.25) is 0 Å². The largest absolute Gasteiger partial charge is 0.370 e. The van der Waals surface area contributed by atoms with E-state index >= 15 is 0 Å². The van der Waals surface area contributed by atoms with Crippen molar-refractivity contribution in [3.8, 4) is 0 Å². The van der Waals surface area contributed by atoms with Gasteiger partial charge in [-0.1, -0.05) is 5.57 Å². The lowest BCUT2D eigenvalue weighted by Crippen LogP contribution is -2.32. The number of hydrogen-bond donors (Lipinski definition) is 1. The van der Waals surface area contributed by atoms with E-state index in [1.165, 1.54) is 18.4 Å². The van der Waals surface area contributed by atoms with Crippen LogP contribution in [0, 0.1) is 5.92 Å². The predicted molar refractivity (Wildman–Crippen MR) is 84.2 cm³/mol. The van der Waals surface area contributed by atoms with Crippen molar-refractivity contribution in [1.82, 2.24) is 14.9 Å². The maximum atomic E-state index is 12.3. The third-order valence-electron chi connectivity index (χ3n) is 4.93. The monoisotopic (exact) mass is 303 g/mol. The first kappa shape index (κ1) is 15.3. The van der Waals surface area contributed by atoms with E-state index in [2.05, 4.69) is 10.3 Å². The van der Waals surface area contributed by atoms with Crippen LogP contribution >= 0.6 is 0 Å². The Morgan fingerprint density at radius 2 is 2.23 bits per heavy atom. The van der Waals surface area contributed by atoms with Gasteiger partial charge in [0.25, 0.3) is 0 Å². The quantitative estimate of drug-likeness (QED) is 0.870. The molecule has 1 aliphatic carbocycles. The van der Waals surface area contributed by atoms with Crippen LogP contribution in [0.25, 0.3) is 0 Å². The van der Waals surface area contributed by atoms with E-state index in [1.54, 1.807) is 6.20 Å². The lowest BCUT2D eigenvalue weighted by atomic mass is 10.0. The van der Waals surface area contributed by atoms with Gasteiger partial charge < -0.3 is 14.6 Å². The van der Waals surface area contributed by atoms with Gasteiger partial charge in [-0.25, -0.2) is 4.98 Å². The fraction of sp³-hybridized carbons (Fsp3) is 0.647. The van der Waals surface area contributed by atoms with Crippen molar-refractivity contribution in [1.29, 1.82) is 0 Å². The Balaban J connectivity index is 1.60. The zero-order valence-corrected chi connectivity index (χ0v) is 13.5. The number of nitrogens with zero attached hydrogens (tertiary/aromatic N) is 2. The van der Waals surface area contributed by atoms with Crippen LogP contribution in [0.15, 0.2) is 23.5 Å². The van der Waals surface area contributed by atoms with E-state index in [4.69, 9.17) is 4.74 Å². The predicted octanol–water partition coefficient (Wildman–Crippen LogP) is 2.50. The summed E-state index contributed by atoms with van der Waals surface area (Å²) in [6, 6.07) is 0. The van der Waals surface area contributed by atoms with Crippen LogP contribution in [-0.4, -0.2) is 28.6 Å². The van der Waals surface area contributed by atoms with Gasteiger partial charge in [0, 0.05) is 44.1 Å². The summed E-state index contributed by atoms with van der Waals surface area (Å²) in [5.41, 5.74) is 2.26. The van der Waals surface area contributed by atoms with Gasteiger partial charge in [-0.3, -0.25) is 4.79 Å². The van der Waals surface area contributed by atoms with Crippen molar-refractivity contribution in [3.05, 3.63) is 29.4 Å². The fourth-order valence-electron chi connectivity index (χ4n) is 3.47. The molecule has 0 aromatic carbocycles. The highest BCUT2D eigenvalue weighted by molar-refractivity contribution is 5.93. The van der Waals surface area contributed by atoms with Crippen LogP contribution < -0.4 is 5.32 Å². The lowest BCUT2D eigenvalue weighted by molar-refractivity contribution is -0.117. The van der Waals surface area contributed by atoms with Crippen molar-refractivity contribution in [3.63, 3.8) is 0 Å². The molecule has 2 heterocycles. The third-order valence-corrected chi connectivity index (χ3v) is 4.93. The van der Waals surface area contributed by atoms with Gasteiger partial charge in [0.1, 0.15) is 11.9 Å². The maximum Gasteiger partial charge on any atom is 0.246 e. The van der Waals surface area contributed by atoms with E-state index in [0.717, 1.165) is 37.3 Å². The Kier molecular flexibility index (Phi) is 4.62. The van der Waals surface area contributed by atoms with Gasteiger partial charge in [0.2, 0.25) is 5.91 Å². The van der Waals surface area contributed by atoms with Gasteiger partial charge in [-0.05, 0) is 39.0 Å². The molecule has 1 aromatic rings. The molecular weight excluding hydrogens is 278 g/mol. The van der Waals surface area contributed by atoms with Crippen LogP contribution in [0.1, 0.15) is 51.0 Å². The molecule has 2 atom stereocenters. The number of imidazole rings is 1. The lowest BCUT2D eigenvalue weighted by Gasteiger charge is -2.19. The molecule has 1 aliphatic heterocycles. The Morgan fingerprint density at radius 3 is 2.91 bits per heavy atom. The fourth-order valence-corrected chi connectivity index (χ4v) is 3.47. The Morgan fingerprint density at radius 1 is 1.45 bits per heavy atom. The molecule has 1 saturated heterocycles. The minimum absolute atomic E-state index is 0.0141. The summed E-state index contributed by atoms with van der Waals surface area (Å²) in [4.78, 5) is 16.7. The normalized spacial score (nSPS) is 24.7. The number of rotatable bonds is 4. The highest BCUT2D eigenvalue weighted by atomic mass is 16.5. The minimum Gasteiger partial charge on any atom is -0.370 e. The number of aromatic nitrogens is 2. The summed E-state index contributed by atoms with van der Waals surface area (Å²) in [5, 5.41) is 3.10. The molecule has 0 radical (unpaired) electrons. The van der Waals surface area contributed by atoms with Crippen molar-refractivity contribution >= 4 is 5.91 Å². The number of amides is 1. The molecule has 1 saturated carbocycles. The molecule has 0 bridgehead atoms. The Labute approximate surface area is 131 Å². The molecule has 0 spiro atoms. The van der Waals surface area contributed by atoms with E-state index in [-0.39, 0.29) is 12.0 Å². The van der Waals surface area contributed by atoms with Crippen molar-refractivity contribution in [2.24, 2.45) is 13.0 Å². The first-order chi connectivity index (χ1) is 10.7. The number of aryl methyl sites for hydroxylation is 1. The Hall–Kier alpha value is -1.62. The van der Waals surface area contributed by atoms with Gasteiger partial charge in [0.15, 0.2) is 0 Å². The number of carbonyl (C=O) groups is 1. The first-order valence-electron chi connectivity index (χ1n) is 8.22. The number of hydrogen-bond acceptors (Lipinski definition) is 3. The van der Waals surface area contributed by atoms with Crippen molar-refractivity contribution < 1.29 is 9.53 Å². The molecule has 1 N–H and O–H groups in total. The first-order valence-corrected chi connectivity index (χ1v) is 8.22. The van der Waals surface area contributed by atoms with Crippen LogP contribution in [0.3, 0.4) is 0 Å².